The average Bonchev–Trinajstić information content (AvgIpc) is 2.52. The van der Waals surface area contributed by atoms with Crippen LogP contribution in [0.4, 0.5) is 0 Å². The van der Waals surface area contributed by atoms with Crippen molar-refractivity contribution in [1.29, 1.82) is 0 Å². The third-order valence-corrected chi connectivity index (χ3v) is 7.10. The molecular formula is C19H28N2O4S. The Morgan fingerprint density at radius 3 is 2.35 bits per heavy atom. The van der Waals surface area contributed by atoms with Gasteiger partial charge in [-0.3, -0.25) is 4.79 Å². The van der Waals surface area contributed by atoms with E-state index in [0.717, 1.165) is 24.8 Å². The summed E-state index contributed by atoms with van der Waals surface area (Å²) in [5.41, 5.74) is 1.00. The van der Waals surface area contributed by atoms with Gasteiger partial charge in [0.1, 0.15) is 0 Å². The Kier molecular flexibility index (Phi) is 5.69. The molecule has 1 heterocycles. The van der Waals surface area contributed by atoms with Crippen LogP contribution in [0.5, 0.6) is 0 Å². The molecule has 3 atom stereocenters. The smallest absolute Gasteiger partial charge is 0.225 e. The molecule has 0 bridgehead atoms. The summed E-state index contributed by atoms with van der Waals surface area (Å²) in [7, 11) is -3.47. The van der Waals surface area contributed by atoms with E-state index in [1.165, 1.54) is 10.6 Å². The maximum absolute atomic E-state index is 12.7. The van der Waals surface area contributed by atoms with Crippen molar-refractivity contribution in [3.05, 3.63) is 35.9 Å². The van der Waals surface area contributed by atoms with E-state index in [-0.39, 0.29) is 30.4 Å². The van der Waals surface area contributed by atoms with Crippen molar-refractivity contribution in [2.45, 2.75) is 44.2 Å². The fourth-order valence-corrected chi connectivity index (χ4v) is 5.61. The molecule has 0 radical (unpaired) electrons. The summed E-state index contributed by atoms with van der Waals surface area (Å²) in [5.74, 6) is 0.108. The van der Waals surface area contributed by atoms with Gasteiger partial charge in [0.25, 0.3) is 0 Å². The third kappa shape index (κ3) is 3.52. The zero-order valence-corrected chi connectivity index (χ0v) is 16.2. The van der Waals surface area contributed by atoms with Crippen molar-refractivity contribution in [3.63, 3.8) is 0 Å². The van der Waals surface area contributed by atoms with E-state index in [1.807, 2.05) is 37.3 Å². The lowest BCUT2D eigenvalue weighted by atomic mass is 9.77. The van der Waals surface area contributed by atoms with Crippen LogP contribution in [0.1, 0.15) is 37.7 Å². The number of amides is 1. The standard InChI is InChI=1S/C19H28N2O4S/c1-3-20(19(23)15-10-7-11-15)12-16-18(14-8-5-4-6-9-14)17(13-22)21(16)26(2,24)25/h4-6,8-9,15-18,22H,3,7,10-13H2,1-2H3/t16-,17+,18-/m0/s1. The molecule has 7 heteroatoms. The highest BCUT2D eigenvalue weighted by Gasteiger charge is 2.53. The quantitative estimate of drug-likeness (QED) is 0.776. The molecule has 1 aromatic carbocycles. The number of carbonyl (C=O) groups excluding carboxylic acids is 1. The lowest BCUT2D eigenvalue weighted by Crippen LogP contribution is -2.68. The Labute approximate surface area is 155 Å². The molecule has 2 fully saturated rings. The molecule has 1 aromatic rings. The minimum Gasteiger partial charge on any atom is -0.395 e. The van der Waals surface area contributed by atoms with Crippen LogP contribution in [-0.2, 0) is 14.8 Å². The number of carbonyl (C=O) groups is 1. The molecule has 1 aliphatic carbocycles. The van der Waals surface area contributed by atoms with E-state index < -0.39 is 16.1 Å². The highest BCUT2D eigenvalue weighted by atomic mass is 32.2. The molecule has 1 N–H and O–H groups in total. The summed E-state index contributed by atoms with van der Waals surface area (Å²) in [4.78, 5) is 14.5. The van der Waals surface area contributed by atoms with Crippen LogP contribution >= 0.6 is 0 Å². The first kappa shape index (κ1) is 19.3. The molecule has 1 saturated carbocycles. The highest BCUT2D eigenvalue weighted by Crippen LogP contribution is 2.43. The molecule has 144 valence electrons. The molecule has 1 saturated heterocycles. The number of hydrogen-bond donors (Lipinski definition) is 1. The van der Waals surface area contributed by atoms with Crippen LogP contribution < -0.4 is 0 Å². The molecule has 2 aliphatic rings. The molecule has 0 aromatic heterocycles. The lowest BCUT2D eigenvalue weighted by molar-refractivity contribution is -0.140. The fourth-order valence-electron chi connectivity index (χ4n) is 4.23. The first-order chi connectivity index (χ1) is 12.4. The minimum atomic E-state index is -3.47. The second-order valence-corrected chi connectivity index (χ2v) is 9.24. The predicted octanol–water partition coefficient (Wildman–Crippen LogP) is 1.42. The Morgan fingerprint density at radius 1 is 1.23 bits per heavy atom. The molecular weight excluding hydrogens is 352 g/mol. The third-order valence-electron chi connectivity index (χ3n) is 5.79. The van der Waals surface area contributed by atoms with Gasteiger partial charge in [0.2, 0.25) is 15.9 Å². The highest BCUT2D eigenvalue weighted by molar-refractivity contribution is 7.88. The van der Waals surface area contributed by atoms with E-state index in [4.69, 9.17) is 0 Å². The van der Waals surface area contributed by atoms with Crippen LogP contribution in [0, 0.1) is 5.92 Å². The molecule has 0 spiro atoms. The fraction of sp³-hybridized carbons (Fsp3) is 0.632. The van der Waals surface area contributed by atoms with Gasteiger partial charge < -0.3 is 10.0 Å². The maximum Gasteiger partial charge on any atom is 0.225 e. The Hall–Kier alpha value is -1.44. The van der Waals surface area contributed by atoms with Crippen LogP contribution in [0.15, 0.2) is 30.3 Å². The average molecular weight is 381 g/mol. The van der Waals surface area contributed by atoms with E-state index in [0.29, 0.717) is 13.1 Å². The van der Waals surface area contributed by atoms with Gasteiger partial charge in [-0.15, -0.1) is 0 Å². The molecule has 3 rings (SSSR count). The number of benzene rings is 1. The number of likely N-dealkylation sites (N-methyl/N-ethyl adjacent to an activating group) is 1. The number of rotatable bonds is 7. The van der Waals surface area contributed by atoms with Crippen LogP contribution in [0.25, 0.3) is 0 Å². The number of sulfonamides is 1. The largest absolute Gasteiger partial charge is 0.395 e. The first-order valence-electron chi connectivity index (χ1n) is 9.31. The normalized spacial score (nSPS) is 26.8. The van der Waals surface area contributed by atoms with Crippen molar-refractivity contribution in [2.24, 2.45) is 5.92 Å². The summed E-state index contributed by atoms with van der Waals surface area (Å²) in [6.07, 6.45) is 4.12. The summed E-state index contributed by atoms with van der Waals surface area (Å²) in [6, 6.07) is 8.86. The number of aliphatic hydroxyl groups is 1. The van der Waals surface area contributed by atoms with Gasteiger partial charge in [0, 0.05) is 24.9 Å². The second-order valence-electron chi connectivity index (χ2n) is 7.35. The van der Waals surface area contributed by atoms with Crippen molar-refractivity contribution >= 4 is 15.9 Å². The van der Waals surface area contributed by atoms with Gasteiger partial charge in [-0.05, 0) is 25.3 Å². The van der Waals surface area contributed by atoms with E-state index in [9.17, 15) is 18.3 Å². The zero-order valence-electron chi connectivity index (χ0n) is 15.4. The number of aliphatic hydroxyl groups excluding tert-OH is 1. The SMILES string of the molecule is CCN(C[C@H]1[C@H](c2ccccc2)[C@@H](CO)N1S(C)(=O)=O)C(=O)C1CCC1. The Bertz CT molecular complexity index is 733. The summed E-state index contributed by atoms with van der Waals surface area (Å²) < 4.78 is 26.0. The van der Waals surface area contributed by atoms with Gasteiger partial charge in [-0.25, -0.2) is 8.42 Å². The van der Waals surface area contributed by atoms with Gasteiger partial charge in [-0.2, -0.15) is 4.31 Å². The second kappa shape index (κ2) is 7.66. The van der Waals surface area contributed by atoms with Crippen molar-refractivity contribution in [2.75, 3.05) is 26.0 Å². The van der Waals surface area contributed by atoms with Crippen molar-refractivity contribution in [3.8, 4) is 0 Å². The first-order valence-corrected chi connectivity index (χ1v) is 11.2. The summed E-state index contributed by atoms with van der Waals surface area (Å²) in [6.45, 7) is 2.64. The molecule has 6 nitrogen and oxygen atoms in total. The van der Waals surface area contributed by atoms with Gasteiger partial charge in [-0.1, -0.05) is 36.8 Å². The van der Waals surface area contributed by atoms with Crippen LogP contribution in [0.2, 0.25) is 0 Å². The van der Waals surface area contributed by atoms with E-state index in [2.05, 4.69) is 0 Å². The maximum atomic E-state index is 12.7. The monoisotopic (exact) mass is 380 g/mol. The van der Waals surface area contributed by atoms with Crippen molar-refractivity contribution < 1.29 is 18.3 Å². The molecule has 1 aliphatic heterocycles. The Morgan fingerprint density at radius 2 is 1.88 bits per heavy atom. The summed E-state index contributed by atoms with van der Waals surface area (Å²) in [5, 5.41) is 9.82. The van der Waals surface area contributed by atoms with Crippen molar-refractivity contribution in [1.82, 2.24) is 9.21 Å². The molecule has 0 unspecified atom stereocenters. The predicted molar refractivity (Wildman–Crippen MR) is 100 cm³/mol. The minimum absolute atomic E-state index is 0.0884. The molecule has 26 heavy (non-hydrogen) atoms. The zero-order chi connectivity index (χ0) is 18.9. The van der Waals surface area contributed by atoms with Gasteiger partial charge in [0.05, 0.1) is 24.9 Å². The van der Waals surface area contributed by atoms with E-state index >= 15 is 0 Å². The molecule has 1 amide bonds. The Balaban J connectivity index is 1.87. The van der Waals surface area contributed by atoms with Crippen LogP contribution in [0.3, 0.4) is 0 Å². The lowest BCUT2D eigenvalue weighted by Gasteiger charge is -2.54. The van der Waals surface area contributed by atoms with Gasteiger partial charge in [0.15, 0.2) is 0 Å². The van der Waals surface area contributed by atoms with Gasteiger partial charge >= 0.3 is 0 Å². The number of hydrogen-bond acceptors (Lipinski definition) is 4. The topological polar surface area (TPSA) is 77.9 Å². The summed E-state index contributed by atoms with van der Waals surface area (Å²) >= 11 is 0. The van der Waals surface area contributed by atoms with Crippen LogP contribution in [-0.4, -0.2) is 66.7 Å². The number of nitrogens with zero attached hydrogens (tertiary/aromatic N) is 2. The van der Waals surface area contributed by atoms with E-state index in [1.54, 1.807) is 4.90 Å².